The lowest BCUT2D eigenvalue weighted by Gasteiger charge is -2.29. The molecule has 24 heavy (non-hydrogen) atoms. The number of piperidine rings is 1. The van der Waals surface area contributed by atoms with Gasteiger partial charge in [-0.2, -0.15) is 0 Å². The molecule has 1 atom stereocenters. The number of pyridine rings is 1. The number of guanidine groups is 1. The highest BCUT2D eigenvalue weighted by Gasteiger charge is 2.13. The highest BCUT2D eigenvalue weighted by Crippen LogP contribution is 2.10. The van der Waals surface area contributed by atoms with Gasteiger partial charge >= 0.3 is 0 Å². The van der Waals surface area contributed by atoms with E-state index < -0.39 is 0 Å². The minimum absolute atomic E-state index is 0. The molecule has 0 radical (unpaired) electrons. The number of hydrogen-bond donors (Lipinski definition) is 2. The van der Waals surface area contributed by atoms with Crippen LogP contribution in [0.4, 0.5) is 0 Å². The normalized spacial score (nSPS) is 17.0. The lowest BCUT2D eigenvalue weighted by atomic mass is 10.1. The Labute approximate surface area is 163 Å². The molecule has 0 aromatic carbocycles. The van der Waals surface area contributed by atoms with Crippen molar-refractivity contribution in [1.82, 2.24) is 20.5 Å². The Morgan fingerprint density at radius 2 is 2.04 bits per heavy atom. The monoisotopic (exact) mass is 445 g/mol. The number of halogens is 1. The van der Waals surface area contributed by atoms with Gasteiger partial charge in [0, 0.05) is 45.0 Å². The molecular formula is C18H32IN5. The van der Waals surface area contributed by atoms with E-state index >= 15 is 0 Å². The second kappa shape index (κ2) is 12.5. The molecule has 2 heterocycles. The molecule has 1 saturated heterocycles. The summed E-state index contributed by atoms with van der Waals surface area (Å²) in [5, 5.41) is 6.80. The summed E-state index contributed by atoms with van der Waals surface area (Å²) in [6, 6.07) is 6.03. The molecule has 1 unspecified atom stereocenters. The van der Waals surface area contributed by atoms with Crippen LogP contribution in [0.15, 0.2) is 29.4 Å². The average molecular weight is 445 g/mol. The Hall–Kier alpha value is -0.890. The third-order valence-electron chi connectivity index (χ3n) is 4.26. The summed E-state index contributed by atoms with van der Waals surface area (Å²) < 4.78 is 0. The number of hydrogen-bond acceptors (Lipinski definition) is 3. The van der Waals surface area contributed by atoms with Gasteiger partial charge < -0.3 is 15.5 Å². The van der Waals surface area contributed by atoms with Crippen LogP contribution in [0.3, 0.4) is 0 Å². The summed E-state index contributed by atoms with van der Waals surface area (Å²) in [7, 11) is 1.82. The van der Waals surface area contributed by atoms with Gasteiger partial charge in [0.05, 0.1) is 0 Å². The van der Waals surface area contributed by atoms with Crippen LogP contribution in [0.2, 0.25) is 0 Å². The van der Waals surface area contributed by atoms with E-state index in [1.807, 2.05) is 25.4 Å². The number of aliphatic imine (C=N–C) groups is 1. The second-order valence-corrected chi connectivity index (χ2v) is 6.42. The van der Waals surface area contributed by atoms with Gasteiger partial charge in [-0.05, 0) is 44.0 Å². The maximum Gasteiger partial charge on any atom is 0.190 e. The minimum atomic E-state index is 0. The third kappa shape index (κ3) is 8.28. The maximum atomic E-state index is 4.33. The van der Waals surface area contributed by atoms with Gasteiger partial charge in [-0.1, -0.05) is 19.4 Å². The summed E-state index contributed by atoms with van der Waals surface area (Å²) >= 11 is 0. The Morgan fingerprint density at radius 3 is 2.71 bits per heavy atom. The molecule has 0 bridgehead atoms. The van der Waals surface area contributed by atoms with Crippen molar-refractivity contribution in [1.29, 1.82) is 0 Å². The lowest BCUT2D eigenvalue weighted by molar-refractivity contribution is 0.201. The zero-order chi connectivity index (χ0) is 16.3. The Balaban J connectivity index is 0.00000288. The van der Waals surface area contributed by atoms with Gasteiger partial charge in [-0.15, -0.1) is 24.0 Å². The molecule has 1 aromatic heterocycles. The van der Waals surface area contributed by atoms with Gasteiger partial charge in [-0.25, -0.2) is 0 Å². The Bertz CT molecular complexity index is 460. The SMILES string of the molecule is CN=C(NCCc1ccccn1)NCC(C)CN1CCCCC1.I. The molecule has 0 spiro atoms. The van der Waals surface area contributed by atoms with Gasteiger partial charge in [0.1, 0.15) is 0 Å². The zero-order valence-electron chi connectivity index (χ0n) is 15.0. The number of aromatic nitrogens is 1. The molecule has 1 aromatic rings. The molecule has 5 nitrogen and oxygen atoms in total. The molecule has 1 aliphatic heterocycles. The highest BCUT2D eigenvalue weighted by atomic mass is 127. The van der Waals surface area contributed by atoms with E-state index in [1.165, 1.54) is 38.9 Å². The van der Waals surface area contributed by atoms with Crippen LogP contribution >= 0.6 is 24.0 Å². The topological polar surface area (TPSA) is 52.6 Å². The number of rotatable bonds is 7. The molecule has 2 N–H and O–H groups in total. The molecule has 0 saturated carbocycles. The van der Waals surface area contributed by atoms with E-state index in [-0.39, 0.29) is 24.0 Å². The van der Waals surface area contributed by atoms with Gasteiger partial charge in [0.2, 0.25) is 0 Å². The molecule has 136 valence electrons. The van der Waals surface area contributed by atoms with Crippen molar-refractivity contribution < 1.29 is 0 Å². The first kappa shape index (κ1) is 21.2. The summed E-state index contributed by atoms with van der Waals surface area (Å²) in [5.74, 6) is 1.51. The van der Waals surface area contributed by atoms with E-state index in [9.17, 15) is 0 Å². The van der Waals surface area contributed by atoms with Crippen LogP contribution in [-0.4, -0.2) is 55.6 Å². The van der Waals surface area contributed by atoms with Crippen molar-refractivity contribution in [2.24, 2.45) is 10.9 Å². The fourth-order valence-electron chi connectivity index (χ4n) is 2.99. The summed E-state index contributed by atoms with van der Waals surface area (Å²) in [6.07, 6.45) is 6.86. The van der Waals surface area contributed by atoms with Crippen LogP contribution in [0.25, 0.3) is 0 Å². The largest absolute Gasteiger partial charge is 0.356 e. The first-order chi connectivity index (χ1) is 11.3. The number of nitrogens with zero attached hydrogens (tertiary/aromatic N) is 3. The van der Waals surface area contributed by atoms with E-state index in [0.717, 1.165) is 31.2 Å². The number of likely N-dealkylation sites (tertiary alicyclic amines) is 1. The molecule has 0 amide bonds. The van der Waals surface area contributed by atoms with Gasteiger partial charge in [0.15, 0.2) is 5.96 Å². The van der Waals surface area contributed by atoms with Crippen LogP contribution in [0, 0.1) is 5.92 Å². The quantitative estimate of drug-likeness (QED) is 0.385. The van der Waals surface area contributed by atoms with Crippen molar-refractivity contribution in [3.8, 4) is 0 Å². The maximum absolute atomic E-state index is 4.33. The van der Waals surface area contributed by atoms with Crippen molar-refractivity contribution in [2.45, 2.75) is 32.6 Å². The van der Waals surface area contributed by atoms with E-state index in [1.54, 1.807) is 0 Å². The van der Waals surface area contributed by atoms with Crippen LogP contribution in [-0.2, 0) is 6.42 Å². The Kier molecular flexibility index (Phi) is 11.0. The van der Waals surface area contributed by atoms with Crippen LogP contribution < -0.4 is 10.6 Å². The van der Waals surface area contributed by atoms with E-state index in [4.69, 9.17) is 0 Å². The molecule has 1 aliphatic rings. The van der Waals surface area contributed by atoms with E-state index in [2.05, 4.69) is 38.5 Å². The summed E-state index contributed by atoms with van der Waals surface area (Å²) in [5.41, 5.74) is 1.11. The predicted molar refractivity (Wildman–Crippen MR) is 112 cm³/mol. The standard InChI is InChI=1S/C18H31N5.HI/c1-16(15-23-12-6-3-7-13-23)14-22-18(19-2)21-11-9-17-8-4-5-10-20-17;/h4-5,8,10,16H,3,6-7,9,11-15H2,1-2H3,(H2,19,21,22);1H. The number of nitrogens with one attached hydrogen (secondary N) is 2. The van der Waals surface area contributed by atoms with Crippen LogP contribution in [0.1, 0.15) is 31.9 Å². The fourth-order valence-corrected chi connectivity index (χ4v) is 2.99. The van der Waals surface area contributed by atoms with Crippen molar-refractivity contribution in [2.75, 3.05) is 39.8 Å². The predicted octanol–water partition coefficient (Wildman–Crippen LogP) is 2.53. The third-order valence-corrected chi connectivity index (χ3v) is 4.26. The first-order valence-electron chi connectivity index (χ1n) is 8.84. The van der Waals surface area contributed by atoms with Crippen molar-refractivity contribution >= 4 is 29.9 Å². The molecular weight excluding hydrogens is 413 g/mol. The lowest BCUT2D eigenvalue weighted by Crippen LogP contribution is -2.43. The fraction of sp³-hybridized carbons (Fsp3) is 0.667. The zero-order valence-corrected chi connectivity index (χ0v) is 17.3. The van der Waals surface area contributed by atoms with Gasteiger partial charge in [0.25, 0.3) is 0 Å². The second-order valence-electron chi connectivity index (χ2n) is 6.42. The van der Waals surface area contributed by atoms with Crippen LogP contribution in [0.5, 0.6) is 0 Å². The van der Waals surface area contributed by atoms with E-state index in [0.29, 0.717) is 5.92 Å². The highest BCUT2D eigenvalue weighted by molar-refractivity contribution is 14.0. The molecule has 1 fully saturated rings. The molecule has 2 rings (SSSR count). The summed E-state index contributed by atoms with van der Waals surface area (Å²) in [6.45, 7) is 7.82. The minimum Gasteiger partial charge on any atom is -0.356 e. The van der Waals surface area contributed by atoms with Crippen molar-refractivity contribution in [3.63, 3.8) is 0 Å². The molecule has 6 heteroatoms. The average Bonchev–Trinajstić information content (AvgIpc) is 2.59. The Morgan fingerprint density at radius 1 is 1.25 bits per heavy atom. The summed E-state index contributed by atoms with van der Waals surface area (Å²) in [4.78, 5) is 11.2. The molecule has 0 aliphatic carbocycles. The smallest absolute Gasteiger partial charge is 0.190 e. The first-order valence-corrected chi connectivity index (χ1v) is 8.84. The van der Waals surface area contributed by atoms with Crippen molar-refractivity contribution in [3.05, 3.63) is 30.1 Å². The van der Waals surface area contributed by atoms with Gasteiger partial charge in [-0.3, -0.25) is 9.98 Å².